The van der Waals surface area contributed by atoms with Gasteiger partial charge >= 0.3 is 17.8 Å². The summed E-state index contributed by atoms with van der Waals surface area (Å²) in [7, 11) is -2.83. The van der Waals surface area contributed by atoms with Crippen LogP contribution in [0.5, 0.6) is 0 Å². The molecule has 0 atom stereocenters. The molecule has 46 valence electrons. The SMILES string of the molecule is C=C[Si]1(C)O[SiH](C)O1. The third kappa shape index (κ3) is 0.922. The van der Waals surface area contributed by atoms with Crippen molar-refractivity contribution in [3.63, 3.8) is 0 Å². The van der Waals surface area contributed by atoms with Gasteiger partial charge in [-0.2, -0.15) is 0 Å². The second-order valence-electron chi connectivity index (χ2n) is 2.02. The van der Waals surface area contributed by atoms with E-state index in [1.54, 1.807) is 0 Å². The summed E-state index contributed by atoms with van der Waals surface area (Å²) in [6.07, 6.45) is 0. The van der Waals surface area contributed by atoms with Gasteiger partial charge in [0.15, 0.2) is 0 Å². The molecule has 0 bridgehead atoms. The number of hydrogen-bond donors (Lipinski definition) is 0. The maximum Gasteiger partial charge on any atom is 0.343 e. The number of rotatable bonds is 1. The van der Waals surface area contributed by atoms with E-state index < -0.39 is 17.8 Å². The third-order valence-corrected chi connectivity index (χ3v) is 8.31. The minimum atomic E-state index is -1.71. The van der Waals surface area contributed by atoms with Crippen LogP contribution in [0.25, 0.3) is 0 Å². The predicted molar refractivity (Wildman–Crippen MR) is 37.0 cm³/mol. The minimum absolute atomic E-state index is 1.12. The molecule has 0 aromatic rings. The van der Waals surface area contributed by atoms with E-state index in [9.17, 15) is 0 Å². The standard InChI is InChI=1S/C4H10O2Si2/c1-4-8(3)5-7(2)6-8/h4,7H,1H2,2-3H3. The van der Waals surface area contributed by atoms with Crippen LogP contribution >= 0.6 is 0 Å². The normalized spacial score (nSPS) is 45.5. The van der Waals surface area contributed by atoms with Crippen LogP contribution in [0.2, 0.25) is 13.1 Å². The molecule has 4 heteroatoms. The first kappa shape index (κ1) is 6.22. The lowest BCUT2D eigenvalue weighted by Gasteiger charge is -2.39. The van der Waals surface area contributed by atoms with Crippen LogP contribution in [0.1, 0.15) is 0 Å². The summed E-state index contributed by atoms with van der Waals surface area (Å²) in [5, 5.41) is 0. The molecule has 0 aliphatic carbocycles. The van der Waals surface area contributed by atoms with Crippen molar-refractivity contribution in [1.29, 1.82) is 0 Å². The molecule has 0 N–H and O–H groups in total. The van der Waals surface area contributed by atoms with Crippen molar-refractivity contribution >= 4 is 17.8 Å². The molecule has 0 unspecified atom stereocenters. The molecule has 1 aliphatic heterocycles. The molecule has 0 aromatic carbocycles. The van der Waals surface area contributed by atoms with Crippen LogP contribution in [-0.4, -0.2) is 17.8 Å². The third-order valence-electron chi connectivity index (χ3n) is 1.17. The summed E-state index contributed by atoms with van der Waals surface area (Å²) in [6, 6.07) is 0. The summed E-state index contributed by atoms with van der Waals surface area (Å²) < 4.78 is 10.8. The molecule has 0 amide bonds. The van der Waals surface area contributed by atoms with Crippen molar-refractivity contribution < 1.29 is 8.23 Å². The highest BCUT2D eigenvalue weighted by Gasteiger charge is 2.41. The summed E-state index contributed by atoms with van der Waals surface area (Å²) in [4.78, 5) is 0. The Hall–Kier alpha value is 0.0938. The Morgan fingerprint density at radius 1 is 1.62 bits per heavy atom. The Morgan fingerprint density at radius 2 is 2.12 bits per heavy atom. The fraction of sp³-hybridized carbons (Fsp3) is 0.500. The lowest BCUT2D eigenvalue weighted by atomic mass is 11.3. The van der Waals surface area contributed by atoms with Crippen LogP contribution in [0, 0.1) is 0 Å². The lowest BCUT2D eigenvalue weighted by Crippen LogP contribution is -2.56. The molecule has 2 nitrogen and oxygen atoms in total. The highest BCUT2D eigenvalue weighted by atomic mass is 28.5. The smallest absolute Gasteiger partial charge is 0.343 e. The highest BCUT2D eigenvalue weighted by Crippen LogP contribution is 2.21. The van der Waals surface area contributed by atoms with Gasteiger partial charge in [0, 0.05) is 0 Å². The van der Waals surface area contributed by atoms with E-state index in [1.165, 1.54) is 0 Å². The maximum atomic E-state index is 5.41. The van der Waals surface area contributed by atoms with E-state index in [-0.39, 0.29) is 0 Å². The predicted octanol–water partition coefficient (Wildman–Crippen LogP) is 0.681. The van der Waals surface area contributed by atoms with E-state index in [0.717, 1.165) is 0 Å². The molecule has 0 saturated carbocycles. The molecule has 0 spiro atoms. The lowest BCUT2D eigenvalue weighted by molar-refractivity contribution is 0.271. The second-order valence-corrected chi connectivity index (χ2v) is 7.48. The molecular formula is C4H10O2Si2. The highest BCUT2D eigenvalue weighted by molar-refractivity contribution is 6.88. The van der Waals surface area contributed by atoms with Gasteiger partial charge in [0.1, 0.15) is 0 Å². The Kier molecular flexibility index (Phi) is 1.40. The fourth-order valence-corrected chi connectivity index (χ4v) is 6.88. The van der Waals surface area contributed by atoms with Crippen molar-refractivity contribution in [2.75, 3.05) is 0 Å². The monoisotopic (exact) mass is 146 g/mol. The second kappa shape index (κ2) is 1.80. The molecule has 0 radical (unpaired) electrons. The van der Waals surface area contributed by atoms with Crippen molar-refractivity contribution in [2.24, 2.45) is 0 Å². The largest absolute Gasteiger partial charge is 0.415 e. The Morgan fingerprint density at radius 3 is 2.25 bits per heavy atom. The van der Waals surface area contributed by atoms with Crippen LogP contribution in [-0.2, 0) is 8.23 Å². The van der Waals surface area contributed by atoms with Gasteiger partial charge in [-0.1, -0.05) is 5.70 Å². The van der Waals surface area contributed by atoms with Crippen molar-refractivity contribution in [3.05, 3.63) is 12.3 Å². The summed E-state index contributed by atoms with van der Waals surface area (Å²) in [5.41, 5.74) is 1.82. The number of hydrogen-bond acceptors (Lipinski definition) is 2. The van der Waals surface area contributed by atoms with Crippen molar-refractivity contribution in [3.8, 4) is 0 Å². The van der Waals surface area contributed by atoms with E-state index in [4.69, 9.17) is 8.23 Å². The Balaban J connectivity index is 2.40. The van der Waals surface area contributed by atoms with Gasteiger partial charge in [0.05, 0.1) is 0 Å². The van der Waals surface area contributed by atoms with E-state index in [2.05, 4.69) is 6.58 Å². The summed E-state index contributed by atoms with van der Waals surface area (Å²) in [5.74, 6) is 0. The van der Waals surface area contributed by atoms with Crippen LogP contribution in [0.3, 0.4) is 0 Å². The van der Waals surface area contributed by atoms with E-state index in [1.807, 2.05) is 18.8 Å². The first-order valence-corrected chi connectivity index (χ1v) is 7.15. The quantitative estimate of drug-likeness (QED) is 0.507. The zero-order valence-electron chi connectivity index (χ0n) is 5.18. The van der Waals surface area contributed by atoms with E-state index >= 15 is 0 Å². The molecule has 1 saturated heterocycles. The molecule has 1 fully saturated rings. The molecule has 8 heavy (non-hydrogen) atoms. The van der Waals surface area contributed by atoms with Gasteiger partial charge in [-0.3, -0.25) is 0 Å². The molecule has 0 aromatic heterocycles. The summed E-state index contributed by atoms with van der Waals surface area (Å²) in [6.45, 7) is 7.66. The van der Waals surface area contributed by atoms with Gasteiger partial charge in [0.25, 0.3) is 0 Å². The Labute approximate surface area is 52.2 Å². The average Bonchev–Trinajstić information content (AvgIpc) is 1.63. The zero-order chi connectivity index (χ0) is 6.20. The molecule has 1 heterocycles. The van der Waals surface area contributed by atoms with Gasteiger partial charge in [-0.25, -0.2) is 0 Å². The molecule has 1 aliphatic rings. The first-order chi connectivity index (χ1) is 3.66. The fourth-order valence-electron chi connectivity index (χ4n) is 0.764. The van der Waals surface area contributed by atoms with Gasteiger partial charge < -0.3 is 8.23 Å². The van der Waals surface area contributed by atoms with E-state index in [0.29, 0.717) is 0 Å². The molecule has 1 rings (SSSR count). The first-order valence-electron chi connectivity index (χ1n) is 2.65. The van der Waals surface area contributed by atoms with Crippen molar-refractivity contribution in [2.45, 2.75) is 13.1 Å². The maximum absolute atomic E-state index is 5.41. The average molecular weight is 146 g/mol. The topological polar surface area (TPSA) is 18.5 Å². The van der Waals surface area contributed by atoms with Gasteiger partial charge in [0.2, 0.25) is 0 Å². The van der Waals surface area contributed by atoms with Crippen LogP contribution in [0.4, 0.5) is 0 Å². The van der Waals surface area contributed by atoms with Crippen LogP contribution < -0.4 is 0 Å². The van der Waals surface area contributed by atoms with Gasteiger partial charge in [-0.05, 0) is 13.1 Å². The minimum Gasteiger partial charge on any atom is -0.415 e. The summed E-state index contributed by atoms with van der Waals surface area (Å²) >= 11 is 0. The molecular weight excluding hydrogens is 136 g/mol. The van der Waals surface area contributed by atoms with Crippen molar-refractivity contribution in [1.82, 2.24) is 0 Å². The van der Waals surface area contributed by atoms with Gasteiger partial charge in [-0.15, -0.1) is 6.58 Å². The van der Waals surface area contributed by atoms with Crippen LogP contribution in [0.15, 0.2) is 12.3 Å². The Bertz CT molecular complexity index is 109. The zero-order valence-corrected chi connectivity index (χ0v) is 7.33.